The van der Waals surface area contributed by atoms with Gasteiger partial charge in [-0.05, 0) is 12.1 Å². The molecule has 0 aliphatic rings. The molecule has 0 saturated heterocycles. The Hall–Kier alpha value is -2.55. The second kappa shape index (κ2) is 6.75. The molecule has 2 rings (SSSR count). The first-order valence-electron chi connectivity index (χ1n) is 6.18. The summed E-state index contributed by atoms with van der Waals surface area (Å²) in [6.45, 7) is 0.489. The van der Waals surface area contributed by atoms with Crippen molar-refractivity contribution in [3.63, 3.8) is 0 Å². The molecule has 21 heavy (non-hydrogen) atoms. The van der Waals surface area contributed by atoms with Gasteiger partial charge in [0.2, 0.25) is 5.13 Å². The van der Waals surface area contributed by atoms with Crippen molar-refractivity contribution in [1.82, 2.24) is 15.6 Å². The van der Waals surface area contributed by atoms with Gasteiger partial charge in [0, 0.05) is 25.4 Å². The summed E-state index contributed by atoms with van der Waals surface area (Å²) in [4.78, 5) is 19.2. The van der Waals surface area contributed by atoms with Crippen LogP contribution in [0.25, 0.3) is 11.5 Å². The van der Waals surface area contributed by atoms with E-state index in [1.54, 1.807) is 7.05 Å². The molecule has 0 aliphatic heterocycles. The number of urea groups is 1. The van der Waals surface area contributed by atoms with Crippen molar-refractivity contribution < 1.29 is 9.21 Å². The van der Waals surface area contributed by atoms with Crippen LogP contribution in [0.2, 0.25) is 0 Å². The van der Waals surface area contributed by atoms with Gasteiger partial charge in [0.25, 0.3) is 0 Å². The molecule has 0 saturated carbocycles. The quantitative estimate of drug-likeness (QED) is 0.479. The highest BCUT2D eigenvalue weighted by atomic mass is 32.1. The summed E-state index contributed by atoms with van der Waals surface area (Å²) in [7, 11) is 1.57. The van der Waals surface area contributed by atoms with Crippen LogP contribution >= 0.6 is 11.3 Å². The first-order chi connectivity index (χ1) is 10.1. The van der Waals surface area contributed by atoms with E-state index in [1.807, 2.05) is 17.5 Å². The summed E-state index contributed by atoms with van der Waals surface area (Å²) in [5.74, 6) is 1.37. The summed E-state index contributed by atoms with van der Waals surface area (Å²) < 4.78 is 5.66. The third-order valence-electron chi connectivity index (χ3n) is 2.51. The van der Waals surface area contributed by atoms with E-state index in [0.717, 1.165) is 5.76 Å². The summed E-state index contributed by atoms with van der Waals surface area (Å²) in [6.07, 6.45) is 0.596. The monoisotopic (exact) mass is 308 g/mol. The predicted octanol–water partition coefficient (Wildman–Crippen LogP) is 0.779. The lowest BCUT2D eigenvalue weighted by Gasteiger charge is -2.01. The number of hydrogen-bond acceptors (Lipinski definition) is 5. The number of aromatic nitrogens is 1. The highest BCUT2D eigenvalue weighted by Gasteiger charge is 2.09. The van der Waals surface area contributed by atoms with E-state index in [4.69, 9.17) is 15.9 Å². The molecule has 0 fully saturated rings. The number of nitrogens with two attached hydrogens (primary N) is 2. The summed E-state index contributed by atoms with van der Waals surface area (Å²) in [5.41, 5.74) is 11.3. The van der Waals surface area contributed by atoms with Crippen LogP contribution in [0.5, 0.6) is 0 Å². The van der Waals surface area contributed by atoms with Crippen LogP contribution in [0.3, 0.4) is 0 Å². The van der Waals surface area contributed by atoms with Crippen molar-refractivity contribution in [2.75, 3.05) is 13.6 Å². The Bertz CT molecular complexity index is 644. The molecule has 0 aromatic carbocycles. The molecule has 6 N–H and O–H groups in total. The number of hydrogen-bond donors (Lipinski definition) is 4. The van der Waals surface area contributed by atoms with Crippen LogP contribution in [-0.2, 0) is 6.42 Å². The Morgan fingerprint density at radius 1 is 1.48 bits per heavy atom. The topological polar surface area (TPSA) is 132 Å². The second-order valence-corrected chi connectivity index (χ2v) is 4.91. The molecule has 9 heteroatoms. The number of rotatable bonds is 5. The van der Waals surface area contributed by atoms with Gasteiger partial charge in [-0.2, -0.15) is 4.99 Å². The number of nitrogens with one attached hydrogen (secondary N) is 2. The molecular weight excluding hydrogens is 292 g/mol. The molecule has 0 aliphatic carbocycles. The Labute approximate surface area is 125 Å². The van der Waals surface area contributed by atoms with Crippen molar-refractivity contribution in [1.29, 1.82) is 0 Å². The van der Waals surface area contributed by atoms with E-state index < -0.39 is 0 Å². The molecule has 0 spiro atoms. The van der Waals surface area contributed by atoms with Crippen molar-refractivity contribution in [3.05, 3.63) is 23.3 Å². The lowest BCUT2D eigenvalue weighted by Crippen LogP contribution is -2.33. The van der Waals surface area contributed by atoms with Gasteiger partial charge in [0.15, 0.2) is 11.7 Å². The van der Waals surface area contributed by atoms with Crippen LogP contribution in [-0.4, -0.2) is 30.6 Å². The maximum Gasteiger partial charge on any atom is 0.314 e. The fourth-order valence-corrected chi connectivity index (χ4v) is 2.27. The fourth-order valence-electron chi connectivity index (χ4n) is 1.58. The molecule has 0 radical (unpaired) electrons. The van der Waals surface area contributed by atoms with Gasteiger partial charge in [-0.15, -0.1) is 11.3 Å². The van der Waals surface area contributed by atoms with E-state index in [1.165, 1.54) is 11.3 Å². The number of carbonyl (C=O) groups excluding carboxylic acids is 1. The van der Waals surface area contributed by atoms with Crippen LogP contribution in [0.1, 0.15) is 5.76 Å². The van der Waals surface area contributed by atoms with Gasteiger partial charge in [-0.1, -0.05) is 0 Å². The average Bonchev–Trinajstić information content (AvgIpc) is 3.07. The molecule has 2 heterocycles. The lowest BCUT2D eigenvalue weighted by molar-refractivity contribution is 0.243. The molecule has 0 unspecified atom stereocenters. The standard InChI is InChI=1S/C12H16N6O2S/c1-15-11(19)16-5-4-7-2-3-9(20-7)8-6-21-12(17-8)18-10(13)14/h2-3,6H,4-5H2,1H3,(H2,15,16,19)(H4,13,14,17,18). The van der Waals surface area contributed by atoms with E-state index in [2.05, 4.69) is 20.6 Å². The number of furan rings is 1. The number of aliphatic imine (C=N–C) groups is 1. The number of thiazole rings is 1. The van der Waals surface area contributed by atoms with Gasteiger partial charge in [0.05, 0.1) is 0 Å². The van der Waals surface area contributed by atoms with Gasteiger partial charge in [-0.25, -0.2) is 9.78 Å². The van der Waals surface area contributed by atoms with Gasteiger partial charge in [-0.3, -0.25) is 0 Å². The van der Waals surface area contributed by atoms with Gasteiger partial charge >= 0.3 is 6.03 Å². The molecule has 2 aromatic heterocycles. The highest BCUT2D eigenvalue weighted by molar-refractivity contribution is 7.13. The Balaban J connectivity index is 1.98. The van der Waals surface area contributed by atoms with Crippen LogP contribution in [0.4, 0.5) is 9.93 Å². The van der Waals surface area contributed by atoms with Crippen molar-refractivity contribution >= 4 is 28.5 Å². The molecule has 0 atom stereocenters. The first-order valence-corrected chi connectivity index (χ1v) is 7.06. The zero-order valence-corrected chi connectivity index (χ0v) is 12.2. The maximum absolute atomic E-state index is 11.0. The van der Waals surface area contributed by atoms with E-state index in [0.29, 0.717) is 29.6 Å². The minimum atomic E-state index is -0.219. The summed E-state index contributed by atoms with van der Waals surface area (Å²) in [5, 5.41) is 7.45. The summed E-state index contributed by atoms with van der Waals surface area (Å²) in [6, 6.07) is 3.45. The number of guanidine groups is 1. The van der Waals surface area contributed by atoms with Crippen LogP contribution in [0.15, 0.2) is 26.9 Å². The van der Waals surface area contributed by atoms with E-state index in [9.17, 15) is 4.79 Å². The van der Waals surface area contributed by atoms with Crippen molar-refractivity contribution in [3.8, 4) is 11.5 Å². The Morgan fingerprint density at radius 2 is 2.29 bits per heavy atom. The van der Waals surface area contributed by atoms with Crippen LogP contribution < -0.4 is 22.1 Å². The molecule has 112 valence electrons. The largest absolute Gasteiger partial charge is 0.459 e. The van der Waals surface area contributed by atoms with E-state index in [-0.39, 0.29) is 12.0 Å². The highest BCUT2D eigenvalue weighted by Crippen LogP contribution is 2.28. The Kier molecular flexibility index (Phi) is 4.77. The minimum absolute atomic E-state index is 0.0312. The second-order valence-electron chi connectivity index (χ2n) is 4.07. The number of amides is 2. The number of carbonyl (C=O) groups is 1. The fraction of sp³-hybridized carbons (Fsp3) is 0.250. The van der Waals surface area contributed by atoms with Crippen LogP contribution in [0, 0.1) is 0 Å². The lowest BCUT2D eigenvalue weighted by atomic mass is 10.3. The SMILES string of the molecule is CNC(=O)NCCc1ccc(-c2csc(N=C(N)N)n2)o1. The average molecular weight is 308 g/mol. The molecule has 8 nitrogen and oxygen atoms in total. The zero-order chi connectivity index (χ0) is 15.2. The van der Waals surface area contributed by atoms with E-state index >= 15 is 0 Å². The smallest absolute Gasteiger partial charge is 0.314 e. The number of nitrogens with zero attached hydrogens (tertiary/aromatic N) is 2. The van der Waals surface area contributed by atoms with Crippen molar-refractivity contribution in [2.24, 2.45) is 16.5 Å². The first kappa shape index (κ1) is 14.9. The third-order valence-corrected chi connectivity index (χ3v) is 3.25. The van der Waals surface area contributed by atoms with Crippen molar-refractivity contribution in [2.45, 2.75) is 6.42 Å². The third kappa shape index (κ3) is 4.21. The molecular formula is C12H16N6O2S. The predicted molar refractivity (Wildman–Crippen MR) is 81.4 cm³/mol. The molecule has 2 amide bonds. The van der Waals surface area contributed by atoms with Gasteiger partial charge in [0.1, 0.15) is 11.5 Å². The zero-order valence-electron chi connectivity index (χ0n) is 11.4. The van der Waals surface area contributed by atoms with Gasteiger partial charge < -0.3 is 26.5 Å². The minimum Gasteiger partial charge on any atom is -0.459 e. The summed E-state index contributed by atoms with van der Waals surface area (Å²) >= 11 is 1.32. The molecule has 2 aromatic rings. The maximum atomic E-state index is 11.0. The Morgan fingerprint density at radius 3 is 3.00 bits per heavy atom. The normalized spacial score (nSPS) is 10.1. The molecule has 0 bridgehead atoms.